The molecule has 0 spiro atoms. The van der Waals surface area contributed by atoms with E-state index in [2.05, 4.69) is 15.6 Å². The number of aromatic nitrogens is 3. The lowest BCUT2D eigenvalue weighted by molar-refractivity contribution is -0.116. The maximum absolute atomic E-state index is 11.9. The molecule has 6 nitrogen and oxygen atoms in total. The second-order valence-corrected chi connectivity index (χ2v) is 5.46. The number of nitrogens with two attached hydrogens (primary N) is 1. The molecule has 7 heteroatoms. The molecule has 0 atom stereocenters. The van der Waals surface area contributed by atoms with Crippen molar-refractivity contribution < 1.29 is 4.79 Å². The predicted molar refractivity (Wildman–Crippen MR) is 77.3 cm³/mol. The van der Waals surface area contributed by atoms with Gasteiger partial charge in [0.15, 0.2) is 0 Å². The molecule has 3 N–H and O–H groups in total. The average molecular weight is 294 g/mol. The summed E-state index contributed by atoms with van der Waals surface area (Å²) in [5, 5.41) is 11.0. The molecule has 20 heavy (non-hydrogen) atoms. The van der Waals surface area contributed by atoms with Gasteiger partial charge in [-0.15, -0.1) is 5.10 Å². The molecule has 0 aliphatic rings. The van der Waals surface area contributed by atoms with Crippen LogP contribution in [-0.2, 0) is 16.9 Å². The lowest BCUT2D eigenvalue weighted by atomic mass is 10.0. The first-order valence-electron chi connectivity index (χ1n) is 6.10. The number of rotatable bonds is 4. The van der Waals surface area contributed by atoms with E-state index in [4.69, 9.17) is 17.3 Å². The van der Waals surface area contributed by atoms with Crippen LogP contribution in [-0.4, -0.2) is 20.9 Å². The molecule has 0 radical (unpaired) electrons. The Kier molecular flexibility index (Phi) is 4.06. The van der Waals surface area contributed by atoms with Crippen molar-refractivity contribution in [1.82, 2.24) is 15.0 Å². The Morgan fingerprint density at radius 2 is 2.15 bits per heavy atom. The molecular formula is C13H16ClN5O. The van der Waals surface area contributed by atoms with Crippen LogP contribution in [0.3, 0.4) is 0 Å². The van der Waals surface area contributed by atoms with Crippen molar-refractivity contribution >= 4 is 23.2 Å². The lowest BCUT2D eigenvalue weighted by Gasteiger charge is -2.13. The van der Waals surface area contributed by atoms with Gasteiger partial charge in [0.25, 0.3) is 0 Å². The summed E-state index contributed by atoms with van der Waals surface area (Å²) in [7, 11) is 0. The van der Waals surface area contributed by atoms with Crippen LogP contribution in [0.2, 0.25) is 5.02 Å². The van der Waals surface area contributed by atoms with E-state index in [1.807, 2.05) is 13.8 Å². The molecule has 0 fully saturated rings. The number of carbonyl (C=O) groups excluding carboxylic acids is 1. The highest BCUT2D eigenvalue weighted by Gasteiger charge is 2.19. The van der Waals surface area contributed by atoms with E-state index in [0.717, 1.165) is 0 Å². The summed E-state index contributed by atoms with van der Waals surface area (Å²) >= 11 is 5.97. The smallest absolute Gasteiger partial charge is 0.246 e. The normalized spacial score (nSPS) is 11.4. The predicted octanol–water partition coefficient (Wildman–Crippen LogP) is 1.76. The molecule has 0 bridgehead atoms. The van der Waals surface area contributed by atoms with Crippen LogP contribution in [0.1, 0.15) is 19.5 Å². The van der Waals surface area contributed by atoms with E-state index in [0.29, 0.717) is 16.4 Å². The minimum Gasteiger partial charge on any atom is -0.323 e. The summed E-state index contributed by atoms with van der Waals surface area (Å²) in [5.41, 5.74) is 6.52. The number of para-hydroxylation sites is 1. The van der Waals surface area contributed by atoms with Gasteiger partial charge in [-0.3, -0.25) is 4.79 Å². The Morgan fingerprint density at radius 1 is 1.45 bits per heavy atom. The number of anilines is 1. The van der Waals surface area contributed by atoms with Gasteiger partial charge in [0.2, 0.25) is 5.91 Å². The van der Waals surface area contributed by atoms with Crippen LogP contribution in [0.5, 0.6) is 0 Å². The van der Waals surface area contributed by atoms with Crippen molar-refractivity contribution in [1.29, 1.82) is 0 Å². The van der Waals surface area contributed by atoms with Crippen LogP contribution in [0.15, 0.2) is 30.5 Å². The molecule has 1 heterocycles. The molecule has 0 saturated carbocycles. The summed E-state index contributed by atoms with van der Waals surface area (Å²) in [6.45, 7) is 3.70. The van der Waals surface area contributed by atoms with Gasteiger partial charge >= 0.3 is 0 Å². The van der Waals surface area contributed by atoms with Crippen LogP contribution >= 0.6 is 11.6 Å². The molecule has 2 rings (SSSR count). The minimum atomic E-state index is -0.586. The first-order chi connectivity index (χ1) is 9.36. The number of benzene rings is 1. The van der Waals surface area contributed by atoms with Crippen molar-refractivity contribution in [2.45, 2.75) is 25.9 Å². The van der Waals surface area contributed by atoms with E-state index in [1.54, 1.807) is 30.5 Å². The van der Waals surface area contributed by atoms with Crippen molar-refractivity contribution in [2.75, 3.05) is 5.32 Å². The Hall–Kier alpha value is -1.92. The number of hydrogen-bond donors (Lipinski definition) is 2. The highest BCUT2D eigenvalue weighted by molar-refractivity contribution is 6.33. The Balaban J connectivity index is 2.02. The molecular weight excluding hydrogens is 278 g/mol. The van der Waals surface area contributed by atoms with Gasteiger partial charge in [-0.25, -0.2) is 4.68 Å². The van der Waals surface area contributed by atoms with Gasteiger partial charge in [0.1, 0.15) is 12.2 Å². The van der Waals surface area contributed by atoms with E-state index in [-0.39, 0.29) is 12.5 Å². The van der Waals surface area contributed by atoms with Gasteiger partial charge in [-0.1, -0.05) is 28.9 Å². The van der Waals surface area contributed by atoms with E-state index < -0.39 is 5.54 Å². The zero-order valence-electron chi connectivity index (χ0n) is 11.3. The molecule has 1 aromatic heterocycles. The number of amides is 1. The highest BCUT2D eigenvalue weighted by Crippen LogP contribution is 2.20. The fourth-order valence-corrected chi connectivity index (χ4v) is 1.75. The monoisotopic (exact) mass is 293 g/mol. The van der Waals surface area contributed by atoms with Gasteiger partial charge in [-0.05, 0) is 26.0 Å². The number of nitrogens with zero attached hydrogens (tertiary/aromatic N) is 3. The van der Waals surface area contributed by atoms with Gasteiger partial charge < -0.3 is 11.1 Å². The van der Waals surface area contributed by atoms with E-state index >= 15 is 0 Å². The van der Waals surface area contributed by atoms with Crippen molar-refractivity contribution in [2.24, 2.45) is 5.73 Å². The fraction of sp³-hybridized carbons (Fsp3) is 0.308. The van der Waals surface area contributed by atoms with Crippen LogP contribution in [0, 0.1) is 0 Å². The van der Waals surface area contributed by atoms with Gasteiger partial charge in [0.05, 0.1) is 22.4 Å². The quantitative estimate of drug-likeness (QED) is 0.899. The van der Waals surface area contributed by atoms with Crippen molar-refractivity contribution in [3.8, 4) is 0 Å². The Bertz CT molecular complexity index is 617. The molecule has 0 aliphatic carbocycles. The molecule has 106 valence electrons. The van der Waals surface area contributed by atoms with E-state index in [1.165, 1.54) is 4.68 Å². The maximum atomic E-state index is 11.9. The molecule has 1 amide bonds. The van der Waals surface area contributed by atoms with E-state index in [9.17, 15) is 4.79 Å². The maximum Gasteiger partial charge on any atom is 0.246 e. The molecule has 0 aliphatic heterocycles. The fourth-order valence-electron chi connectivity index (χ4n) is 1.57. The number of carbonyl (C=O) groups is 1. The third kappa shape index (κ3) is 3.55. The Morgan fingerprint density at radius 3 is 2.75 bits per heavy atom. The zero-order chi connectivity index (χ0) is 14.8. The summed E-state index contributed by atoms with van der Waals surface area (Å²) in [6, 6.07) is 7.04. The minimum absolute atomic E-state index is 0.0499. The Labute approximate surface area is 121 Å². The summed E-state index contributed by atoms with van der Waals surface area (Å²) in [6.07, 6.45) is 1.66. The summed E-state index contributed by atoms with van der Waals surface area (Å²) in [4.78, 5) is 11.9. The van der Waals surface area contributed by atoms with Crippen LogP contribution < -0.4 is 11.1 Å². The topological polar surface area (TPSA) is 85.8 Å². The highest BCUT2D eigenvalue weighted by atomic mass is 35.5. The third-order valence-electron chi connectivity index (χ3n) is 2.65. The van der Waals surface area contributed by atoms with Crippen LogP contribution in [0.25, 0.3) is 0 Å². The van der Waals surface area contributed by atoms with Crippen molar-refractivity contribution in [3.63, 3.8) is 0 Å². The summed E-state index contributed by atoms with van der Waals surface area (Å²) < 4.78 is 1.44. The average Bonchev–Trinajstić information content (AvgIpc) is 2.80. The van der Waals surface area contributed by atoms with Gasteiger partial charge in [0, 0.05) is 0 Å². The molecule has 1 aromatic carbocycles. The first kappa shape index (κ1) is 14.5. The largest absolute Gasteiger partial charge is 0.323 e. The number of nitrogens with one attached hydrogen (secondary N) is 1. The lowest BCUT2D eigenvalue weighted by Crippen LogP contribution is -2.29. The van der Waals surface area contributed by atoms with Crippen molar-refractivity contribution in [3.05, 3.63) is 41.2 Å². The summed E-state index contributed by atoms with van der Waals surface area (Å²) in [5.74, 6) is -0.232. The standard InChI is InChI=1S/C13H16ClN5O/c1-13(2,15)11-7-19(18-17-11)8-12(20)16-10-6-4-3-5-9(10)14/h3-7H,8,15H2,1-2H3,(H,16,20). The second-order valence-electron chi connectivity index (χ2n) is 5.05. The zero-order valence-corrected chi connectivity index (χ0v) is 12.1. The molecule has 2 aromatic rings. The molecule has 0 saturated heterocycles. The molecule has 0 unspecified atom stereocenters. The first-order valence-corrected chi connectivity index (χ1v) is 6.48. The number of halogens is 1. The second kappa shape index (κ2) is 5.60. The van der Waals surface area contributed by atoms with Crippen LogP contribution in [0.4, 0.5) is 5.69 Å². The SMILES string of the molecule is CC(C)(N)c1cn(CC(=O)Nc2ccccc2Cl)nn1. The number of hydrogen-bond acceptors (Lipinski definition) is 4. The third-order valence-corrected chi connectivity index (χ3v) is 2.98. The van der Waals surface area contributed by atoms with Gasteiger partial charge in [-0.2, -0.15) is 0 Å².